The standard InChI is InChI=1S/C18H14FN3O3S/c1-25-18(24)22-17-20-14(11-5-3-2-4-6-11)16(26-17)21-15(23)12-7-9-13(19)10-8-12/h2-10H,1H3,(H,21,23)(H,20,22,24). The van der Waals surface area contributed by atoms with Gasteiger partial charge >= 0.3 is 6.09 Å². The highest BCUT2D eigenvalue weighted by atomic mass is 32.1. The molecule has 0 atom stereocenters. The van der Waals surface area contributed by atoms with Crippen molar-refractivity contribution in [1.82, 2.24) is 4.98 Å². The Kier molecular flexibility index (Phi) is 5.23. The van der Waals surface area contributed by atoms with E-state index in [0.29, 0.717) is 16.3 Å². The number of benzene rings is 2. The number of aromatic nitrogens is 1. The fourth-order valence-corrected chi connectivity index (χ4v) is 3.03. The van der Waals surface area contributed by atoms with Crippen LogP contribution >= 0.6 is 11.3 Å². The van der Waals surface area contributed by atoms with Gasteiger partial charge in [-0.05, 0) is 24.3 Å². The van der Waals surface area contributed by atoms with Crippen molar-refractivity contribution in [1.29, 1.82) is 0 Å². The van der Waals surface area contributed by atoms with Gasteiger partial charge in [0.15, 0.2) is 5.13 Å². The molecule has 2 amide bonds. The first kappa shape index (κ1) is 17.6. The summed E-state index contributed by atoms with van der Waals surface area (Å²) in [5.74, 6) is -0.829. The molecule has 3 aromatic rings. The Morgan fingerprint density at radius 2 is 1.73 bits per heavy atom. The zero-order valence-electron chi connectivity index (χ0n) is 13.7. The van der Waals surface area contributed by atoms with Crippen LogP contribution in [0.4, 0.5) is 19.3 Å². The number of halogens is 1. The van der Waals surface area contributed by atoms with Gasteiger partial charge in [-0.25, -0.2) is 14.2 Å². The van der Waals surface area contributed by atoms with E-state index in [4.69, 9.17) is 0 Å². The lowest BCUT2D eigenvalue weighted by Crippen LogP contribution is -2.11. The predicted molar refractivity (Wildman–Crippen MR) is 97.9 cm³/mol. The highest BCUT2D eigenvalue weighted by Crippen LogP contribution is 2.36. The number of nitrogens with one attached hydrogen (secondary N) is 2. The molecule has 0 fully saturated rings. The molecule has 26 heavy (non-hydrogen) atoms. The van der Waals surface area contributed by atoms with Crippen LogP contribution in [0.15, 0.2) is 54.6 Å². The third kappa shape index (κ3) is 4.04. The molecule has 6 nitrogen and oxygen atoms in total. The van der Waals surface area contributed by atoms with Crippen LogP contribution in [0.2, 0.25) is 0 Å². The van der Waals surface area contributed by atoms with E-state index >= 15 is 0 Å². The van der Waals surface area contributed by atoms with Gasteiger partial charge in [-0.3, -0.25) is 10.1 Å². The number of ether oxygens (including phenoxy) is 1. The van der Waals surface area contributed by atoms with Gasteiger partial charge in [-0.2, -0.15) is 0 Å². The Hall–Kier alpha value is -3.26. The molecule has 0 bridgehead atoms. The summed E-state index contributed by atoms with van der Waals surface area (Å²) in [4.78, 5) is 28.2. The van der Waals surface area contributed by atoms with E-state index in [1.54, 1.807) is 0 Å². The lowest BCUT2D eigenvalue weighted by atomic mass is 10.1. The van der Waals surface area contributed by atoms with Crippen LogP contribution in [0.5, 0.6) is 0 Å². The largest absolute Gasteiger partial charge is 0.453 e. The maximum absolute atomic E-state index is 13.0. The fraction of sp³-hybridized carbons (Fsp3) is 0.0556. The maximum atomic E-state index is 13.0. The average Bonchev–Trinajstić information content (AvgIpc) is 3.05. The van der Waals surface area contributed by atoms with E-state index in [0.717, 1.165) is 16.9 Å². The molecule has 0 aliphatic heterocycles. The van der Waals surface area contributed by atoms with E-state index in [1.165, 1.54) is 31.4 Å². The summed E-state index contributed by atoms with van der Waals surface area (Å²) in [6, 6.07) is 14.4. The van der Waals surface area contributed by atoms with Crippen LogP contribution < -0.4 is 10.6 Å². The second-order valence-electron chi connectivity index (χ2n) is 5.14. The van der Waals surface area contributed by atoms with Gasteiger partial charge in [-0.1, -0.05) is 41.7 Å². The van der Waals surface area contributed by atoms with Gasteiger partial charge in [0.25, 0.3) is 5.91 Å². The van der Waals surface area contributed by atoms with Gasteiger partial charge in [0.2, 0.25) is 0 Å². The quantitative estimate of drug-likeness (QED) is 0.713. The topological polar surface area (TPSA) is 80.3 Å². The van der Waals surface area contributed by atoms with Gasteiger partial charge in [0.1, 0.15) is 16.5 Å². The molecule has 132 valence electrons. The van der Waals surface area contributed by atoms with Crippen molar-refractivity contribution in [2.24, 2.45) is 0 Å². The van der Waals surface area contributed by atoms with E-state index in [-0.39, 0.29) is 5.13 Å². The zero-order chi connectivity index (χ0) is 18.5. The molecule has 0 aliphatic rings. The molecule has 3 rings (SSSR count). The first-order chi connectivity index (χ1) is 12.6. The van der Waals surface area contributed by atoms with Gasteiger partial charge in [0.05, 0.1) is 7.11 Å². The molecular weight excluding hydrogens is 357 g/mol. The number of amides is 2. The highest BCUT2D eigenvalue weighted by Gasteiger charge is 2.17. The van der Waals surface area contributed by atoms with Crippen molar-refractivity contribution in [3.63, 3.8) is 0 Å². The second kappa shape index (κ2) is 7.75. The summed E-state index contributed by atoms with van der Waals surface area (Å²) < 4.78 is 17.6. The monoisotopic (exact) mass is 371 g/mol. The predicted octanol–water partition coefficient (Wildman–Crippen LogP) is 4.38. The molecule has 0 aliphatic carbocycles. The first-order valence-corrected chi connectivity index (χ1v) is 8.36. The van der Waals surface area contributed by atoms with Crippen molar-refractivity contribution < 1.29 is 18.7 Å². The molecule has 0 spiro atoms. The summed E-state index contributed by atoms with van der Waals surface area (Å²) in [7, 11) is 1.25. The third-order valence-corrected chi connectivity index (χ3v) is 4.29. The van der Waals surface area contributed by atoms with Crippen LogP contribution in [0, 0.1) is 5.82 Å². The number of anilines is 2. The number of nitrogens with zero attached hydrogens (tertiary/aromatic N) is 1. The van der Waals surface area contributed by atoms with Crippen LogP contribution in [-0.4, -0.2) is 24.1 Å². The van der Waals surface area contributed by atoms with Gasteiger partial charge in [0, 0.05) is 11.1 Å². The summed E-state index contributed by atoms with van der Waals surface area (Å²) >= 11 is 1.10. The van der Waals surface area contributed by atoms with Crippen molar-refractivity contribution in [2.45, 2.75) is 0 Å². The molecule has 0 unspecified atom stereocenters. The van der Waals surface area contributed by atoms with Crippen molar-refractivity contribution >= 4 is 33.5 Å². The highest BCUT2D eigenvalue weighted by molar-refractivity contribution is 7.20. The molecule has 2 aromatic carbocycles. The molecule has 1 heterocycles. The molecule has 0 saturated carbocycles. The lowest BCUT2D eigenvalue weighted by Gasteiger charge is -2.05. The molecule has 2 N–H and O–H groups in total. The van der Waals surface area contributed by atoms with Crippen LogP contribution in [0.1, 0.15) is 10.4 Å². The number of hydrogen-bond donors (Lipinski definition) is 2. The molecule has 0 radical (unpaired) electrons. The lowest BCUT2D eigenvalue weighted by molar-refractivity contribution is 0.102. The van der Waals surface area contributed by atoms with E-state index in [2.05, 4.69) is 20.4 Å². The smallest absolute Gasteiger partial charge is 0.413 e. The summed E-state index contributed by atoms with van der Waals surface area (Å²) in [5.41, 5.74) is 1.59. The average molecular weight is 371 g/mol. The van der Waals surface area contributed by atoms with E-state index < -0.39 is 17.8 Å². The van der Waals surface area contributed by atoms with Gasteiger partial charge < -0.3 is 10.1 Å². The Morgan fingerprint density at radius 1 is 1.04 bits per heavy atom. The minimum absolute atomic E-state index is 0.283. The van der Waals surface area contributed by atoms with Gasteiger partial charge in [-0.15, -0.1) is 0 Å². The number of hydrogen-bond acceptors (Lipinski definition) is 5. The Balaban J connectivity index is 1.92. The summed E-state index contributed by atoms with van der Waals surface area (Å²) in [6.45, 7) is 0. The Labute approximate surface area is 152 Å². The SMILES string of the molecule is COC(=O)Nc1nc(-c2ccccc2)c(NC(=O)c2ccc(F)cc2)s1. The molecule has 8 heteroatoms. The van der Waals surface area contributed by atoms with Crippen molar-refractivity contribution in [2.75, 3.05) is 17.7 Å². The van der Waals surface area contributed by atoms with Crippen molar-refractivity contribution in [3.05, 3.63) is 66.0 Å². The fourth-order valence-electron chi connectivity index (χ4n) is 2.16. The minimum Gasteiger partial charge on any atom is -0.453 e. The van der Waals surface area contributed by atoms with E-state index in [1.807, 2.05) is 30.3 Å². The molecule has 1 aromatic heterocycles. The molecule has 0 saturated heterocycles. The zero-order valence-corrected chi connectivity index (χ0v) is 14.5. The number of thiazole rings is 1. The number of carbonyl (C=O) groups is 2. The van der Waals surface area contributed by atoms with Crippen LogP contribution in [-0.2, 0) is 4.74 Å². The first-order valence-electron chi connectivity index (χ1n) is 7.55. The van der Waals surface area contributed by atoms with E-state index in [9.17, 15) is 14.0 Å². The Bertz CT molecular complexity index is 927. The second-order valence-corrected chi connectivity index (χ2v) is 6.14. The van der Waals surface area contributed by atoms with Crippen molar-refractivity contribution in [3.8, 4) is 11.3 Å². The Morgan fingerprint density at radius 3 is 2.38 bits per heavy atom. The summed E-state index contributed by atoms with van der Waals surface area (Å²) in [6.07, 6.45) is -0.658. The van der Waals surface area contributed by atoms with Crippen LogP contribution in [0.3, 0.4) is 0 Å². The van der Waals surface area contributed by atoms with Crippen LogP contribution in [0.25, 0.3) is 11.3 Å². The minimum atomic E-state index is -0.658. The number of methoxy groups -OCH3 is 1. The number of rotatable bonds is 4. The molecular formula is C18H14FN3O3S. The number of carbonyl (C=O) groups excluding carboxylic acids is 2. The summed E-state index contributed by atoms with van der Waals surface area (Å²) in [5, 5.41) is 5.98. The third-order valence-electron chi connectivity index (χ3n) is 3.40. The normalized spacial score (nSPS) is 10.2. The maximum Gasteiger partial charge on any atom is 0.413 e.